The summed E-state index contributed by atoms with van der Waals surface area (Å²) in [5, 5.41) is 0. The summed E-state index contributed by atoms with van der Waals surface area (Å²) in [5.74, 6) is 0.534. The van der Waals surface area contributed by atoms with Crippen LogP contribution in [0.5, 0.6) is 5.88 Å². The number of anilines is 1. The van der Waals surface area contributed by atoms with Crippen molar-refractivity contribution in [2.24, 2.45) is 0 Å². The van der Waals surface area contributed by atoms with Crippen LogP contribution in [-0.4, -0.2) is 37.1 Å². The van der Waals surface area contributed by atoms with Gasteiger partial charge in [0.1, 0.15) is 6.61 Å². The number of nitrogens with zero attached hydrogens (tertiary/aromatic N) is 2. The zero-order valence-electron chi connectivity index (χ0n) is 8.95. The van der Waals surface area contributed by atoms with Gasteiger partial charge in [0.25, 0.3) is 0 Å². The molecule has 0 spiro atoms. The molecule has 0 aliphatic rings. The number of nitrogens with two attached hydrogens (primary N) is 1. The van der Waals surface area contributed by atoms with Gasteiger partial charge in [-0.25, -0.2) is 4.98 Å². The molecule has 0 fully saturated rings. The minimum absolute atomic E-state index is 0.534. The minimum Gasteiger partial charge on any atom is -0.475 e. The third-order valence-electron chi connectivity index (χ3n) is 1.81. The van der Waals surface area contributed by atoms with Crippen LogP contribution in [-0.2, 0) is 0 Å². The van der Waals surface area contributed by atoms with Gasteiger partial charge in [-0.15, -0.1) is 0 Å². The van der Waals surface area contributed by atoms with Crippen molar-refractivity contribution in [2.75, 3.05) is 33.0 Å². The Kier molecular flexibility index (Phi) is 3.71. The lowest BCUT2D eigenvalue weighted by Gasteiger charge is -2.11. The number of nitrogen functional groups attached to an aromatic ring is 1. The molecule has 0 amide bonds. The van der Waals surface area contributed by atoms with Gasteiger partial charge in [-0.1, -0.05) is 0 Å². The fourth-order valence-corrected chi connectivity index (χ4v) is 0.984. The zero-order valence-corrected chi connectivity index (χ0v) is 8.95. The van der Waals surface area contributed by atoms with Crippen LogP contribution < -0.4 is 10.5 Å². The highest BCUT2D eigenvalue weighted by molar-refractivity contribution is 5.48. The van der Waals surface area contributed by atoms with E-state index >= 15 is 0 Å². The van der Waals surface area contributed by atoms with E-state index in [1.165, 1.54) is 0 Å². The average molecular weight is 195 g/mol. The molecule has 0 aromatic carbocycles. The largest absolute Gasteiger partial charge is 0.475 e. The summed E-state index contributed by atoms with van der Waals surface area (Å²) in [7, 11) is 3.99. The molecule has 0 saturated heterocycles. The Hall–Kier alpha value is -1.29. The number of aryl methyl sites for hydroxylation is 1. The third kappa shape index (κ3) is 3.22. The van der Waals surface area contributed by atoms with E-state index in [0.29, 0.717) is 18.2 Å². The number of ether oxygens (including phenoxy) is 1. The van der Waals surface area contributed by atoms with E-state index in [-0.39, 0.29) is 0 Å². The van der Waals surface area contributed by atoms with Gasteiger partial charge >= 0.3 is 0 Å². The standard InChI is InChI=1S/C10H17N3O/c1-8-4-5-9(11)10(12-8)14-7-6-13(2)3/h4-5H,6-7,11H2,1-3H3. The smallest absolute Gasteiger partial charge is 0.237 e. The highest BCUT2D eigenvalue weighted by Crippen LogP contribution is 2.17. The van der Waals surface area contributed by atoms with Crippen LogP contribution in [0.2, 0.25) is 0 Å². The maximum atomic E-state index is 5.71. The summed E-state index contributed by atoms with van der Waals surface area (Å²) in [6.07, 6.45) is 0. The molecule has 1 heterocycles. The van der Waals surface area contributed by atoms with Crippen molar-refractivity contribution < 1.29 is 4.74 Å². The number of pyridine rings is 1. The molecule has 2 N–H and O–H groups in total. The average Bonchev–Trinajstić information content (AvgIpc) is 2.10. The van der Waals surface area contributed by atoms with E-state index in [0.717, 1.165) is 12.2 Å². The first kappa shape index (κ1) is 10.8. The molecule has 14 heavy (non-hydrogen) atoms. The third-order valence-corrected chi connectivity index (χ3v) is 1.81. The Bertz CT molecular complexity index is 299. The first-order valence-electron chi connectivity index (χ1n) is 4.60. The molecule has 0 saturated carbocycles. The lowest BCUT2D eigenvalue weighted by molar-refractivity contribution is 0.255. The topological polar surface area (TPSA) is 51.4 Å². The number of likely N-dealkylation sites (N-methyl/N-ethyl adjacent to an activating group) is 1. The van der Waals surface area contributed by atoms with Crippen molar-refractivity contribution in [2.45, 2.75) is 6.92 Å². The maximum absolute atomic E-state index is 5.71. The normalized spacial score (nSPS) is 10.6. The van der Waals surface area contributed by atoms with Gasteiger partial charge in [-0.05, 0) is 33.2 Å². The fraction of sp³-hybridized carbons (Fsp3) is 0.500. The molecule has 1 rings (SSSR count). The van der Waals surface area contributed by atoms with Gasteiger partial charge < -0.3 is 15.4 Å². The van der Waals surface area contributed by atoms with Gasteiger partial charge in [-0.2, -0.15) is 0 Å². The van der Waals surface area contributed by atoms with Crippen molar-refractivity contribution in [3.8, 4) is 5.88 Å². The van der Waals surface area contributed by atoms with Gasteiger partial charge in [0.15, 0.2) is 0 Å². The van der Waals surface area contributed by atoms with Crippen molar-refractivity contribution in [1.29, 1.82) is 0 Å². The Morgan fingerprint density at radius 3 is 2.79 bits per heavy atom. The van der Waals surface area contributed by atoms with Crippen molar-refractivity contribution >= 4 is 5.69 Å². The molecule has 0 unspecified atom stereocenters. The van der Waals surface area contributed by atoms with E-state index in [9.17, 15) is 0 Å². The first-order valence-corrected chi connectivity index (χ1v) is 4.60. The van der Waals surface area contributed by atoms with Gasteiger partial charge in [0.2, 0.25) is 5.88 Å². The van der Waals surface area contributed by atoms with Gasteiger partial charge in [-0.3, -0.25) is 0 Å². The molecule has 4 nitrogen and oxygen atoms in total. The molecule has 0 atom stereocenters. The highest BCUT2D eigenvalue weighted by Gasteiger charge is 2.02. The van der Waals surface area contributed by atoms with Gasteiger partial charge in [0.05, 0.1) is 5.69 Å². The fourth-order valence-electron chi connectivity index (χ4n) is 0.984. The molecule has 0 radical (unpaired) electrons. The summed E-state index contributed by atoms with van der Waals surface area (Å²) in [6.45, 7) is 3.38. The minimum atomic E-state index is 0.534. The van der Waals surface area contributed by atoms with Crippen molar-refractivity contribution in [3.63, 3.8) is 0 Å². The molecule has 1 aromatic rings. The summed E-state index contributed by atoms with van der Waals surface area (Å²) in [6, 6.07) is 3.68. The van der Waals surface area contributed by atoms with Crippen molar-refractivity contribution in [1.82, 2.24) is 9.88 Å². The van der Waals surface area contributed by atoms with Crippen molar-refractivity contribution in [3.05, 3.63) is 17.8 Å². The quantitative estimate of drug-likeness (QED) is 0.776. The second-order valence-electron chi connectivity index (χ2n) is 3.50. The monoisotopic (exact) mass is 195 g/mol. The number of hydrogen-bond donors (Lipinski definition) is 1. The van der Waals surface area contributed by atoms with Crippen LogP contribution >= 0.6 is 0 Å². The molecule has 78 valence electrons. The molecule has 0 bridgehead atoms. The number of aromatic nitrogens is 1. The Labute approximate surface area is 84.7 Å². The van der Waals surface area contributed by atoms with Crippen LogP contribution in [0.4, 0.5) is 5.69 Å². The SMILES string of the molecule is Cc1ccc(N)c(OCCN(C)C)n1. The van der Waals surface area contributed by atoms with Crippen LogP contribution in [0.1, 0.15) is 5.69 Å². The molecule has 0 aliphatic carbocycles. The van der Waals surface area contributed by atoms with E-state index in [2.05, 4.69) is 4.98 Å². The number of hydrogen-bond acceptors (Lipinski definition) is 4. The predicted molar refractivity (Wildman–Crippen MR) is 57.4 cm³/mol. The molecule has 1 aromatic heterocycles. The van der Waals surface area contributed by atoms with Crippen LogP contribution in [0.15, 0.2) is 12.1 Å². The lowest BCUT2D eigenvalue weighted by Crippen LogP contribution is -2.20. The summed E-state index contributed by atoms with van der Waals surface area (Å²) < 4.78 is 5.45. The summed E-state index contributed by atoms with van der Waals surface area (Å²) >= 11 is 0. The Balaban J connectivity index is 2.53. The summed E-state index contributed by atoms with van der Waals surface area (Å²) in [4.78, 5) is 6.25. The maximum Gasteiger partial charge on any atom is 0.237 e. The van der Waals surface area contributed by atoms with Crippen LogP contribution in [0.3, 0.4) is 0 Å². The predicted octanol–water partition coefficient (Wildman–Crippen LogP) is 0.913. The van der Waals surface area contributed by atoms with Crippen LogP contribution in [0.25, 0.3) is 0 Å². The molecule has 0 aliphatic heterocycles. The molecule has 4 heteroatoms. The Morgan fingerprint density at radius 1 is 1.43 bits per heavy atom. The second kappa shape index (κ2) is 4.81. The van der Waals surface area contributed by atoms with E-state index in [4.69, 9.17) is 10.5 Å². The van der Waals surface area contributed by atoms with E-state index in [1.807, 2.05) is 38.1 Å². The molecular weight excluding hydrogens is 178 g/mol. The highest BCUT2D eigenvalue weighted by atomic mass is 16.5. The first-order chi connectivity index (χ1) is 6.59. The Morgan fingerprint density at radius 2 is 2.14 bits per heavy atom. The zero-order chi connectivity index (χ0) is 10.6. The van der Waals surface area contributed by atoms with Gasteiger partial charge in [0, 0.05) is 12.2 Å². The lowest BCUT2D eigenvalue weighted by atomic mass is 10.3. The van der Waals surface area contributed by atoms with E-state index < -0.39 is 0 Å². The second-order valence-corrected chi connectivity index (χ2v) is 3.50. The number of rotatable bonds is 4. The van der Waals surface area contributed by atoms with Crippen LogP contribution in [0, 0.1) is 6.92 Å². The molecular formula is C10H17N3O. The summed E-state index contributed by atoms with van der Waals surface area (Å²) in [5.41, 5.74) is 7.21. The van der Waals surface area contributed by atoms with E-state index in [1.54, 1.807) is 0 Å².